The van der Waals surface area contributed by atoms with E-state index < -0.39 is 0 Å². The second-order valence-electron chi connectivity index (χ2n) is 6.57. The van der Waals surface area contributed by atoms with Crippen LogP contribution in [-0.4, -0.2) is 45.5 Å². The molecule has 0 fully saturated rings. The van der Waals surface area contributed by atoms with Crippen molar-refractivity contribution in [1.29, 1.82) is 0 Å². The summed E-state index contributed by atoms with van der Waals surface area (Å²) in [5.41, 5.74) is 4.86. The fourth-order valence-corrected chi connectivity index (χ4v) is 3.62. The van der Waals surface area contributed by atoms with Gasteiger partial charge in [-0.25, -0.2) is 10.5 Å². The molecule has 0 radical (unpaired) electrons. The molecule has 1 aromatic carbocycles. The number of aromatic nitrogens is 2. The van der Waals surface area contributed by atoms with Gasteiger partial charge in [-0.3, -0.25) is 10.0 Å². The third-order valence-corrected chi connectivity index (χ3v) is 5.05. The van der Waals surface area contributed by atoms with Crippen LogP contribution in [0.15, 0.2) is 18.2 Å². The lowest BCUT2D eigenvalue weighted by atomic mass is 10.1. The number of amides is 1. The Bertz CT molecular complexity index is 733. The lowest BCUT2D eigenvalue weighted by molar-refractivity contribution is -0.129. The molecule has 0 spiro atoms. The number of hydrogen-bond acceptors (Lipinski definition) is 4. The molecule has 0 aliphatic carbocycles. The summed E-state index contributed by atoms with van der Waals surface area (Å²) in [6, 6.07) is 6.30. The number of unbranched alkanes of at least 4 members (excludes halogenated alkanes) is 3. The molecule has 2 rings (SSSR count). The summed E-state index contributed by atoms with van der Waals surface area (Å²) in [5, 5.41) is 8.47. The highest BCUT2D eigenvalue weighted by atomic mass is 35.5. The Kier molecular flexibility index (Phi) is 11.6. The summed E-state index contributed by atoms with van der Waals surface area (Å²) >= 11 is 11.8. The standard InChI is InChI=1S/C19H28Cl2N4O2.ClH/c1-24-17-9-8-15(25(12-10-20)13-11-21)14-16(17)22-18(24)6-4-2-3-5-7-19(26)23-27;/h8-9,14,27H,2-7,10-13H2,1H3,(H,23,26);1H. The van der Waals surface area contributed by atoms with Crippen LogP contribution in [0.1, 0.15) is 37.9 Å². The smallest absolute Gasteiger partial charge is 0.243 e. The Morgan fingerprint density at radius 2 is 1.86 bits per heavy atom. The molecule has 6 nitrogen and oxygen atoms in total. The Balaban J connectivity index is 0.00000392. The fraction of sp³-hybridized carbons (Fsp3) is 0.579. The zero-order chi connectivity index (χ0) is 19.6. The number of carbonyl (C=O) groups is 1. The molecule has 0 atom stereocenters. The number of halogens is 3. The first-order valence-corrected chi connectivity index (χ1v) is 10.4. The van der Waals surface area contributed by atoms with Gasteiger partial charge in [-0.15, -0.1) is 35.6 Å². The first-order chi connectivity index (χ1) is 13.1. The maximum Gasteiger partial charge on any atom is 0.243 e. The van der Waals surface area contributed by atoms with Crippen LogP contribution in [0.4, 0.5) is 5.69 Å². The third-order valence-electron chi connectivity index (χ3n) is 4.71. The molecule has 2 aromatic rings. The number of alkyl halides is 2. The molecule has 1 heterocycles. The van der Waals surface area contributed by atoms with Gasteiger partial charge in [-0.2, -0.15) is 0 Å². The van der Waals surface area contributed by atoms with E-state index in [1.165, 1.54) is 0 Å². The minimum Gasteiger partial charge on any atom is -0.369 e. The van der Waals surface area contributed by atoms with Gasteiger partial charge in [0.2, 0.25) is 5.91 Å². The molecule has 158 valence electrons. The van der Waals surface area contributed by atoms with E-state index in [0.717, 1.165) is 67.7 Å². The van der Waals surface area contributed by atoms with Crippen molar-refractivity contribution in [3.63, 3.8) is 0 Å². The highest BCUT2D eigenvalue weighted by molar-refractivity contribution is 6.18. The predicted octanol–water partition coefficient (Wildman–Crippen LogP) is 4.28. The summed E-state index contributed by atoms with van der Waals surface area (Å²) in [4.78, 5) is 18.0. The second kappa shape index (κ2) is 13.1. The van der Waals surface area contributed by atoms with E-state index in [2.05, 4.69) is 27.7 Å². The molecule has 9 heteroatoms. The van der Waals surface area contributed by atoms with E-state index in [0.29, 0.717) is 18.2 Å². The number of nitrogens with zero attached hydrogens (tertiary/aromatic N) is 3. The number of carbonyl (C=O) groups excluding carboxylic acids is 1. The summed E-state index contributed by atoms with van der Waals surface area (Å²) < 4.78 is 2.14. The molecule has 0 unspecified atom stereocenters. The second-order valence-corrected chi connectivity index (χ2v) is 7.33. The van der Waals surface area contributed by atoms with Crippen LogP contribution >= 0.6 is 35.6 Å². The van der Waals surface area contributed by atoms with Crippen LogP contribution in [-0.2, 0) is 18.3 Å². The van der Waals surface area contributed by atoms with Gasteiger partial charge < -0.3 is 9.47 Å². The first kappa shape index (κ1) is 24.8. The van der Waals surface area contributed by atoms with Crippen molar-refractivity contribution in [1.82, 2.24) is 15.0 Å². The molecule has 1 aromatic heterocycles. The predicted molar refractivity (Wildman–Crippen MR) is 118 cm³/mol. The molecule has 0 saturated carbocycles. The number of benzene rings is 1. The highest BCUT2D eigenvalue weighted by Gasteiger charge is 2.11. The van der Waals surface area contributed by atoms with Crippen LogP contribution in [0.3, 0.4) is 0 Å². The van der Waals surface area contributed by atoms with Crippen molar-refractivity contribution in [2.24, 2.45) is 7.05 Å². The zero-order valence-corrected chi connectivity index (χ0v) is 18.5. The van der Waals surface area contributed by atoms with Crippen molar-refractivity contribution < 1.29 is 10.0 Å². The Morgan fingerprint density at radius 3 is 2.50 bits per heavy atom. The Morgan fingerprint density at radius 1 is 1.18 bits per heavy atom. The lowest BCUT2D eigenvalue weighted by Gasteiger charge is -2.22. The number of fused-ring (bicyclic) bond motifs is 1. The average Bonchev–Trinajstić information content (AvgIpc) is 2.99. The largest absolute Gasteiger partial charge is 0.369 e. The van der Waals surface area contributed by atoms with Crippen LogP contribution < -0.4 is 10.4 Å². The van der Waals surface area contributed by atoms with Crippen LogP contribution in [0.2, 0.25) is 0 Å². The van der Waals surface area contributed by atoms with Gasteiger partial charge in [-0.1, -0.05) is 12.8 Å². The SMILES string of the molecule is Cl.Cn1c(CCCCCCC(=O)NO)nc2cc(N(CCCl)CCCl)ccc21. The number of imidazole rings is 1. The molecule has 2 N–H and O–H groups in total. The van der Waals surface area contributed by atoms with Crippen LogP contribution in [0, 0.1) is 0 Å². The van der Waals surface area contributed by atoms with Gasteiger partial charge >= 0.3 is 0 Å². The van der Waals surface area contributed by atoms with Gasteiger partial charge in [0.1, 0.15) is 5.82 Å². The Labute approximate surface area is 182 Å². The summed E-state index contributed by atoms with van der Waals surface area (Å²) in [6.45, 7) is 1.52. The van der Waals surface area contributed by atoms with Crippen LogP contribution in [0.5, 0.6) is 0 Å². The molecule has 0 aliphatic heterocycles. The van der Waals surface area contributed by atoms with Gasteiger partial charge in [0.25, 0.3) is 0 Å². The van der Waals surface area contributed by atoms with Gasteiger partial charge in [0.05, 0.1) is 11.0 Å². The van der Waals surface area contributed by atoms with E-state index in [1.54, 1.807) is 5.48 Å². The molecule has 0 bridgehead atoms. The molecule has 28 heavy (non-hydrogen) atoms. The van der Waals surface area contributed by atoms with Crippen molar-refractivity contribution in [2.75, 3.05) is 29.7 Å². The fourth-order valence-electron chi connectivity index (χ4n) is 3.21. The maximum absolute atomic E-state index is 11.0. The quantitative estimate of drug-likeness (QED) is 0.219. The van der Waals surface area contributed by atoms with Crippen molar-refractivity contribution in [3.05, 3.63) is 24.0 Å². The third kappa shape index (κ3) is 6.99. The van der Waals surface area contributed by atoms with Crippen molar-refractivity contribution in [3.8, 4) is 0 Å². The van der Waals surface area contributed by atoms with E-state index in [1.807, 2.05) is 7.05 Å². The van der Waals surface area contributed by atoms with E-state index in [4.69, 9.17) is 33.4 Å². The summed E-state index contributed by atoms with van der Waals surface area (Å²) in [7, 11) is 2.05. The number of anilines is 1. The van der Waals surface area contributed by atoms with Crippen molar-refractivity contribution >= 4 is 58.2 Å². The van der Waals surface area contributed by atoms with Gasteiger partial charge in [0, 0.05) is 50.4 Å². The Hall–Kier alpha value is -1.21. The van der Waals surface area contributed by atoms with Crippen molar-refractivity contribution in [2.45, 2.75) is 38.5 Å². The number of nitrogens with one attached hydrogen (secondary N) is 1. The molecule has 0 aliphatic rings. The number of rotatable bonds is 12. The van der Waals surface area contributed by atoms with E-state index >= 15 is 0 Å². The summed E-state index contributed by atoms with van der Waals surface area (Å²) in [5.74, 6) is 1.86. The topological polar surface area (TPSA) is 70.4 Å². The van der Waals surface area contributed by atoms with Crippen LogP contribution in [0.25, 0.3) is 11.0 Å². The molecular formula is C19H29Cl3N4O2. The highest BCUT2D eigenvalue weighted by Crippen LogP contribution is 2.23. The normalized spacial score (nSPS) is 10.7. The maximum atomic E-state index is 11.0. The molecule has 1 amide bonds. The number of hydrogen-bond donors (Lipinski definition) is 2. The van der Waals surface area contributed by atoms with Gasteiger partial charge in [0.15, 0.2) is 0 Å². The number of aryl methyl sites for hydroxylation is 2. The first-order valence-electron chi connectivity index (χ1n) is 9.36. The van der Waals surface area contributed by atoms with E-state index in [9.17, 15) is 4.79 Å². The zero-order valence-electron chi connectivity index (χ0n) is 16.2. The lowest BCUT2D eigenvalue weighted by Crippen LogP contribution is -2.27. The minimum atomic E-state index is -0.321. The summed E-state index contributed by atoms with van der Waals surface area (Å²) in [6.07, 6.45) is 5.08. The average molecular weight is 452 g/mol. The molecular weight excluding hydrogens is 423 g/mol. The monoisotopic (exact) mass is 450 g/mol. The number of hydroxylamine groups is 1. The van der Waals surface area contributed by atoms with Gasteiger partial charge in [-0.05, 0) is 31.0 Å². The van der Waals surface area contributed by atoms with E-state index in [-0.39, 0.29) is 18.3 Å². The minimum absolute atomic E-state index is 0. The molecule has 0 saturated heterocycles.